The van der Waals surface area contributed by atoms with Crippen LogP contribution >= 0.6 is 0 Å². The van der Waals surface area contributed by atoms with Crippen LogP contribution in [0.1, 0.15) is 18.3 Å². The van der Waals surface area contributed by atoms with Gasteiger partial charge in [-0.1, -0.05) is 30.3 Å². The maximum atomic E-state index is 12.0. The van der Waals surface area contributed by atoms with E-state index in [0.29, 0.717) is 22.5 Å². The van der Waals surface area contributed by atoms with E-state index < -0.39 is 0 Å². The number of hydrogen-bond acceptors (Lipinski definition) is 4. The summed E-state index contributed by atoms with van der Waals surface area (Å²) in [6, 6.07) is 14.3. The first-order valence-corrected chi connectivity index (χ1v) is 7.08. The van der Waals surface area contributed by atoms with Crippen molar-refractivity contribution in [3.8, 4) is 5.75 Å². The van der Waals surface area contributed by atoms with E-state index in [-0.39, 0.29) is 11.5 Å². The van der Waals surface area contributed by atoms with Gasteiger partial charge in [0.2, 0.25) is 0 Å². The Balaban J connectivity index is 1.98. The van der Waals surface area contributed by atoms with Gasteiger partial charge in [0, 0.05) is 12.5 Å². The molecule has 5 heteroatoms. The van der Waals surface area contributed by atoms with Crippen LogP contribution in [0.15, 0.2) is 53.3 Å². The third-order valence-corrected chi connectivity index (χ3v) is 3.22. The molecule has 2 aromatic carbocycles. The van der Waals surface area contributed by atoms with Crippen LogP contribution in [-0.4, -0.2) is 15.9 Å². The minimum atomic E-state index is -0.386. The highest BCUT2D eigenvalue weighted by molar-refractivity contribution is 5.79. The first-order valence-electron chi connectivity index (χ1n) is 7.08. The lowest BCUT2D eigenvalue weighted by molar-refractivity contribution is -0.131. The first kappa shape index (κ1) is 14.7. The summed E-state index contributed by atoms with van der Waals surface area (Å²) in [6.07, 6.45) is 3.42. The van der Waals surface area contributed by atoms with Gasteiger partial charge in [-0.25, -0.2) is 4.98 Å². The molecule has 0 unspecified atom stereocenters. The number of fused-ring (bicyclic) bond motifs is 1. The van der Waals surface area contributed by atoms with Crippen molar-refractivity contribution in [1.29, 1.82) is 0 Å². The number of esters is 1. The lowest BCUT2D eigenvalue weighted by Crippen LogP contribution is -2.09. The Morgan fingerprint density at radius 1 is 1.09 bits per heavy atom. The van der Waals surface area contributed by atoms with Crippen LogP contribution in [-0.2, 0) is 4.79 Å². The molecule has 0 aliphatic rings. The van der Waals surface area contributed by atoms with Crippen LogP contribution in [0, 0.1) is 0 Å². The Labute approximate surface area is 132 Å². The molecule has 0 spiro atoms. The molecule has 0 atom stereocenters. The molecule has 1 N–H and O–H groups in total. The monoisotopic (exact) mass is 306 g/mol. The molecule has 1 heterocycles. The van der Waals surface area contributed by atoms with Crippen molar-refractivity contribution in [3.05, 3.63) is 70.3 Å². The maximum Gasteiger partial charge on any atom is 0.308 e. The van der Waals surface area contributed by atoms with E-state index in [1.165, 1.54) is 6.92 Å². The number of aromatic nitrogens is 2. The molecule has 0 aliphatic heterocycles. The highest BCUT2D eigenvalue weighted by Gasteiger charge is 2.04. The van der Waals surface area contributed by atoms with Gasteiger partial charge in [-0.3, -0.25) is 9.59 Å². The van der Waals surface area contributed by atoms with Crippen LogP contribution in [0.3, 0.4) is 0 Å². The minimum absolute atomic E-state index is 0.191. The van der Waals surface area contributed by atoms with Crippen molar-refractivity contribution in [3.63, 3.8) is 0 Å². The highest BCUT2D eigenvalue weighted by atomic mass is 16.5. The summed E-state index contributed by atoms with van der Waals surface area (Å²) in [5.74, 6) is 0.508. The molecule has 3 aromatic rings. The molecule has 5 nitrogen and oxygen atoms in total. The van der Waals surface area contributed by atoms with Gasteiger partial charge in [0.05, 0.1) is 10.9 Å². The van der Waals surface area contributed by atoms with Crippen molar-refractivity contribution >= 4 is 29.0 Å². The van der Waals surface area contributed by atoms with E-state index in [4.69, 9.17) is 4.74 Å². The largest absolute Gasteiger partial charge is 0.426 e. The lowest BCUT2D eigenvalue weighted by atomic mass is 10.2. The van der Waals surface area contributed by atoms with E-state index >= 15 is 0 Å². The van der Waals surface area contributed by atoms with Gasteiger partial charge in [-0.15, -0.1) is 0 Å². The van der Waals surface area contributed by atoms with E-state index in [1.54, 1.807) is 42.5 Å². The number of nitrogens with one attached hydrogen (secondary N) is 1. The minimum Gasteiger partial charge on any atom is -0.426 e. The summed E-state index contributed by atoms with van der Waals surface area (Å²) in [5.41, 5.74) is 1.16. The normalized spacial score (nSPS) is 11.0. The molecule has 1 aromatic heterocycles. The van der Waals surface area contributed by atoms with Gasteiger partial charge in [0.15, 0.2) is 0 Å². The number of H-pyrrole nitrogens is 1. The molecule has 0 saturated heterocycles. The van der Waals surface area contributed by atoms with E-state index in [2.05, 4.69) is 9.97 Å². The second kappa shape index (κ2) is 6.27. The fraction of sp³-hybridized carbons (Fsp3) is 0.0556. The van der Waals surface area contributed by atoms with Gasteiger partial charge in [0.25, 0.3) is 5.56 Å². The van der Waals surface area contributed by atoms with Crippen LogP contribution in [0.4, 0.5) is 0 Å². The fourth-order valence-corrected chi connectivity index (χ4v) is 2.22. The third kappa shape index (κ3) is 3.35. The maximum absolute atomic E-state index is 12.0. The standard InChI is InChI=1S/C18H14N2O3/c1-12(21)23-16-9-5-2-6-13(16)10-11-17-19-15-8-4-3-7-14(15)18(22)20-17/h2-11H,1H3,(H,19,20,22)/b11-10+. The zero-order valence-corrected chi connectivity index (χ0v) is 12.4. The summed E-state index contributed by atoms with van der Waals surface area (Å²) in [7, 11) is 0. The first-order chi connectivity index (χ1) is 11.1. The van der Waals surface area contributed by atoms with Crippen LogP contribution in [0.2, 0.25) is 0 Å². The molecule has 0 aliphatic carbocycles. The number of ether oxygens (including phenoxy) is 1. The highest BCUT2D eigenvalue weighted by Crippen LogP contribution is 2.20. The molecule has 0 saturated carbocycles. The quantitative estimate of drug-likeness (QED) is 0.596. The van der Waals surface area contributed by atoms with E-state index in [0.717, 1.165) is 5.56 Å². The van der Waals surface area contributed by atoms with Crippen molar-refractivity contribution in [2.45, 2.75) is 6.92 Å². The van der Waals surface area contributed by atoms with Crippen molar-refractivity contribution in [2.24, 2.45) is 0 Å². The molecule has 0 fully saturated rings. The number of carbonyl (C=O) groups excluding carboxylic acids is 1. The van der Waals surface area contributed by atoms with Gasteiger partial charge in [-0.05, 0) is 30.4 Å². The molecule has 0 radical (unpaired) electrons. The number of rotatable bonds is 3. The Bertz CT molecular complexity index is 958. The van der Waals surface area contributed by atoms with Crippen molar-refractivity contribution < 1.29 is 9.53 Å². The van der Waals surface area contributed by atoms with Gasteiger partial charge in [0.1, 0.15) is 11.6 Å². The Kier molecular flexibility index (Phi) is 4.01. The number of carbonyl (C=O) groups is 1. The summed E-state index contributed by atoms with van der Waals surface area (Å²) >= 11 is 0. The van der Waals surface area contributed by atoms with Crippen molar-refractivity contribution in [1.82, 2.24) is 9.97 Å². The Morgan fingerprint density at radius 2 is 1.83 bits per heavy atom. The number of aromatic amines is 1. The van der Waals surface area contributed by atoms with E-state index in [9.17, 15) is 9.59 Å². The molecule has 114 valence electrons. The van der Waals surface area contributed by atoms with Crippen LogP contribution in [0.5, 0.6) is 5.75 Å². The van der Waals surface area contributed by atoms with Gasteiger partial charge < -0.3 is 9.72 Å². The van der Waals surface area contributed by atoms with Crippen LogP contribution in [0.25, 0.3) is 23.1 Å². The molecule has 23 heavy (non-hydrogen) atoms. The zero-order chi connectivity index (χ0) is 16.2. The lowest BCUT2D eigenvalue weighted by Gasteiger charge is -2.04. The number of benzene rings is 2. The molecule has 0 amide bonds. The molecule has 0 bridgehead atoms. The average molecular weight is 306 g/mol. The second-order valence-electron chi connectivity index (χ2n) is 4.93. The Hall–Kier alpha value is -3.21. The fourth-order valence-electron chi connectivity index (χ4n) is 2.22. The predicted octanol–water partition coefficient (Wildman–Crippen LogP) is 3.02. The molecular weight excluding hydrogens is 292 g/mol. The number of hydrogen-bond donors (Lipinski definition) is 1. The summed E-state index contributed by atoms with van der Waals surface area (Å²) in [4.78, 5) is 30.3. The molecular formula is C18H14N2O3. The number of nitrogens with zero attached hydrogens (tertiary/aromatic N) is 1. The number of para-hydroxylation sites is 2. The second-order valence-corrected chi connectivity index (χ2v) is 4.93. The summed E-state index contributed by atoms with van der Waals surface area (Å²) in [6.45, 7) is 1.35. The van der Waals surface area contributed by atoms with Gasteiger partial charge >= 0.3 is 5.97 Å². The zero-order valence-electron chi connectivity index (χ0n) is 12.4. The topological polar surface area (TPSA) is 72.0 Å². The predicted molar refractivity (Wildman–Crippen MR) is 89.0 cm³/mol. The average Bonchev–Trinajstić information content (AvgIpc) is 2.54. The van der Waals surface area contributed by atoms with Gasteiger partial charge in [-0.2, -0.15) is 0 Å². The third-order valence-electron chi connectivity index (χ3n) is 3.22. The summed E-state index contributed by atoms with van der Waals surface area (Å²) in [5, 5.41) is 0.546. The van der Waals surface area contributed by atoms with Crippen molar-refractivity contribution in [2.75, 3.05) is 0 Å². The Morgan fingerprint density at radius 3 is 2.65 bits per heavy atom. The summed E-state index contributed by atoms with van der Waals surface area (Å²) < 4.78 is 5.15. The van der Waals surface area contributed by atoms with Crippen LogP contribution < -0.4 is 10.3 Å². The smallest absolute Gasteiger partial charge is 0.308 e. The van der Waals surface area contributed by atoms with E-state index in [1.807, 2.05) is 18.2 Å². The SMILES string of the molecule is CC(=O)Oc1ccccc1/C=C/c1nc2ccccc2c(=O)[nH]1. The molecule has 3 rings (SSSR count).